The minimum absolute atomic E-state index is 0.0924. The number of hydrogen-bond acceptors (Lipinski definition) is 3. The molecule has 1 N–H and O–H groups in total. The van der Waals surface area contributed by atoms with Gasteiger partial charge in [-0.3, -0.25) is 4.79 Å². The maximum absolute atomic E-state index is 11.9. The SMILES string of the molecule is CC(=O)c1cc(-c2ccc(C)cc2)oc1-c1ccccc1O. The van der Waals surface area contributed by atoms with Gasteiger partial charge in [-0.05, 0) is 32.0 Å². The molecule has 0 amide bonds. The van der Waals surface area contributed by atoms with Crippen LogP contribution in [0, 0.1) is 6.92 Å². The third-order valence-corrected chi connectivity index (χ3v) is 3.60. The first-order valence-electron chi connectivity index (χ1n) is 7.06. The summed E-state index contributed by atoms with van der Waals surface area (Å²) < 4.78 is 5.89. The second-order valence-corrected chi connectivity index (χ2v) is 5.29. The van der Waals surface area contributed by atoms with Gasteiger partial charge in [-0.1, -0.05) is 42.0 Å². The van der Waals surface area contributed by atoms with Crippen molar-refractivity contribution >= 4 is 5.78 Å². The number of phenols is 1. The van der Waals surface area contributed by atoms with Crippen LogP contribution in [0.15, 0.2) is 59.0 Å². The number of phenolic OH excluding ortho intramolecular Hbond substituents is 1. The van der Waals surface area contributed by atoms with Gasteiger partial charge in [-0.15, -0.1) is 0 Å². The van der Waals surface area contributed by atoms with Gasteiger partial charge in [0.05, 0.1) is 11.1 Å². The van der Waals surface area contributed by atoms with Crippen molar-refractivity contribution in [2.24, 2.45) is 0 Å². The lowest BCUT2D eigenvalue weighted by Gasteiger charge is -2.03. The van der Waals surface area contributed by atoms with Crippen molar-refractivity contribution in [3.05, 3.63) is 65.7 Å². The van der Waals surface area contributed by atoms with Crippen LogP contribution >= 0.6 is 0 Å². The van der Waals surface area contributed by atoms with Gasteiger partial charge < -0.3 is 9.52 Å². The van der Waals surface area contributed by atoms with E-state index in [-0.39, 0.29) is 11.5 Å². The molecule has 0 saturated heterocycles. The minimum Gasteiger partial charge on any atom is -0.507 e. The van der Waals surface area contributed by atoms with Gasteiger partial charge in [0.2, 0.25) is 0 Å². The molecule has 0 atom stereocenters. The molecule has 0 unspecified atom stereocenters. The highest BCUT2D eigenvalue weighted by molar-refractivity contribution is 6.01. The summed E-state index contributed by atoms with van der Waals surface area (Å²) >= 11 is 0. The molecule has 0 aliphatic rings. The standard InChI is InChI=1S/C19H16O3/c1-12-7-9-14(10-8-12)18-11-16(13(2)20)19(22-18)15-5-3-4-6-17(15)21/h3-11,21H,1-2H3. The summed E-state index contributed by atoms with van der Waals surface area (Å²) in [6.07, 6.45) is 0. The predicted octanol–water partition coefficient (Wildman–Crippen LogP) is 4.83. The molecule has 2 aromatic carbocycles. The number of carbonyl (C=O) groups is 1. The highest BCUT2D eigenvalue weighted by Crippen LogP contribution is 2.37. The molecule has 0 radical (unpaired) electrons. The first-order chi connectivity index (χ1) is 10.6. The summed E-state index contributed by atoms with van der Waals surface area (Å²) in [6, 6.07) is 16.5. The average molecular weight is 292 g/mol. The van der Waals surface area contributed by atoms with E-state index in [1.807, 2.05) is 31.2 Å². The Morgan fingerprint density at radius 1 is 1.05 bits per heavy atom. The molecule has 0 saturated carbocycles. The minimum atomic E-state index is -0.0969. The fourth-order valence-corrected chi connectivity index (χ4v) is 2.38. The van der Waals surface area contributed by atoms with Crippen LogP contribution in [0.1, 0.15) is 22.8 Å². The van der Waals surface area contributed by atoms with Crippen molar-refractivity contribution in [3.8, 4) is 28.4 Å². The molecule has 3 nitrogen and oxygen atoms in total. The van der Waals surface area contributed by atoms with Crippen molar-refractivity contribution in [2.45, 2.75) is 13.8 Å². The maximum Gasteiger partial charge on any atom is 0.163 e. The molecule has 0 bridgehead atoms. The zero-order valence-electron chi connectivity index (χ0n) is 12.5. The Morgan fingerprint density at radius 2 is 1.73 bits per heavy atom. The summed E-state index contributed by atoms with van der Waals surface area (Å²) in [5.74, 6) is 1.01. The molecule has 3 aromatic rings. The number of para-hydroxylation sites is 1. The van der Waals surface area contributed by atoms with Gasteiger partial charge >= 0.3 is 0 Å². The number of Topliss-reactive ketones (excluding diaryl/α,β-unsaturated/α-hetero) is 1. The molecule has 1 heterocycles. The molecule has 0 spiro atoms. The van der Waals surface area contributed by atoms with E-state index < -0.39 is 0 Å². The van der Waals surface area contributed by atoms with Crippen LogP contribution in [-0.4, -0.2) is 10.9 Å². The fraction of sp³-hybridized carbons (Fsp3) is 0.105. The monoisotopic (exact) mass is 292 g/mol. The van der Waals surface area contributed by atoms with E-state index in [0.29, 0.717) is 22.6 Å². The van der Waals surface area contributed by atoms with Crippen LogP contribution in [0.5, 0.6) is 5.75 Å². The molecule has 110 valence electrons. The molecule has 0 aliphatic carbocycles. The predicted molar refractivity (Wildman–Crippen MR) is 86.0 cm³/mol. The molecular weight excluding hydrogens is 276 g/mol. The normalized spacial score (nSPS) is 10.6. The number of ketones is 1. The zero-order chi connectivity index (χ0) is 15.7. The first-order valence-corrected chi connectivity index (χ1v) is 7.06. The third-order valence-electron chi connectivity index (χ3n) is 3.60. The molecular formula is C19H16O3. The van der Waals surface area contributed by atoms with Crippen LogP contribution in [0.2, 0.25) is 0 Å². The summed E-state index contributed by atoms with van der Waals surface area (Å²) in [5, 5.41) is 10.0. The highest BCUT2D eigenvalue weighted by Gasteiger charge is 2.19. The number of rotatable bonds is 3. The third kappa shape index (κ3) is 2.53. The second kappa shape index (κ2) is 5.53. The lowest BCUT2D eigenvalue weighted by atomic mass is 10.0. The lowest BCUT2D eigenvalue weighted by molar-refractivity contribution is 0.101. The van der Waals surface area contributed by atoms with E-state index in [2.05, 4.69) is 0 Å². The number of benzene rings is 2. The van der Waals surface area contributed by atoms with Crippen LogP contribution in [0.25, 0.3) is 22.6 Å². The van der Waals surface area contributed by atoms with Crippen molar-refractivity contribution in [1.82, 2.24) is 0 Å². The molecule has 22 heavy (non-hydrogen) atoms. The number of aromatic hydroxyl groups is 1. The van der Waals surface area contributed by atoms with Gasteiger partial charge in [-0.25, -0.2) is 0 Å². The molecule has 3 rings (SSSR count). The van der Waals surface area contributed by atoms with Crippen molar-refractivity contribution in [3.63, 3.8) is 0 Å². The van der Waals surface area contributed by atoms with E-state index in [0.717, 1.165) is 11.1 Å². The summed E-state index contributed by atoms with van der Waals surface area (Å²) in [5.41, 5.74) is 3.04. The highest BCUT2D eigenvalue weighted by atomic mass is 16.3. The van der Waals surface area contributed by atoms with E-state index >= 15 is 0 Å². The Bertz CT molecular complexity index is 826. The average Bonchev–Trinajstić information content (AvgIpc) is 2.93. The van der Waals surface area contributed by atoms with Crippen molar-refractivity contribution in [2.75, 3.05) is 0 Å². The van der Waals surface area contributed by atoms with Crippen molar-refractivity contribution < 1.29 is 14.3 Å². The van der Waals surface area contributed by atoms with Gasteiger partial charge in [0.15, 0.2) is 5.78 Å². The summed E-state index contributed by atoms with van der Waals surface area (Å²) in [6.45, 7) is 3.51. The van der Waals surface area contributed by atoms with Crippen LogP contribution in [0.3, 0.4) is 0 Å². The molecule has 3 heteroatoms. The van der Waals surface area contributed by atoms with Gasteiger partial charge in [0, 0.05) is 5.56 Å². The van der Waals surface area contributed by atoms with Crippen LogP contribution in [-0.2, 0) is 0 Å². The fourth-order valence-electron chi connectivity index (χ4n) is 2.38. The van der Waals surface area contributed by atoms with E-state index in [1.54, 1.807) is 30.3 Å². The molecule has 0 aliphatic heterocycles. The van der Waals surface area contributed by atoms with E-state index in [9.17, 15) is 9.90 Å². The van der Waals surface area contributed by atoms with Gasteiger partial charge in [0.1, 0.15) is 17.3 Å². The Morgan fingerprint density at radius 3 is 2.36 bits per heavy atom. The number of aryl methyl sites for hydroxylation is 1. The largest absolute Gasteiger partial charge is 0.507 e. The Labute approximate surface area is 128 Å². The second-order valence-electron chi connectivity index (χ2n) is 5.29. The van der Waals surface area contributed by atoms with E-state index in [1.165, 1.54) is 6.92 Å². The van der Waals surface area contributed by atoms with Crippen molar-refractivity contribution in [1.29, 1.82) is 0 Å². The number of carbonyl (C=O) groups excluding carboxylic acids is 1. The Kier molecular flexibility index (Phi) is 3.55. The topological polar surface area (TPSA) is 50.4 Å². The number of furan rings is 1. The lowest BCUT2D eigenvalue weighted by Crippen LogP contribution is -1.91. The quantitative estimate of drug-likeness (QED) is 0.703. The van der Waals surface area contributed by atoms with E-state index in [4.69, 9.17) is 4.42 Å². The Balaban J connectivity index is 2.17. The van der Waals surface area contributed by atoms with Crippen LogP contribution in [0.4, 0.5) is 0 Å². The van der Waals surface area contributed by atoms with Gasteiger partial charge in [-0.2, -0.15) is 0 Å². The smallest absolute Gasteiger partial charge is 0.163 e. The summed E-state index contributed by atoms with van der Waals surface area (Å²) in [4.78, 5) is 11.9. The van der Waals surface area contributed by atoms with Crippen LogP contribution < -0.4 is 0 Å². The number of hydrogen-bond donors (Lipinski definition) is 1. The maximum atomic E-state index is 11.9. The Hall–Kier alpha value is -2.81. The molecule has 0 fully saturated rings. The summed E-state index contributed by atoms with van der Waals surface area (Å²) in [7, 11) is 0. The molecule has 1 aromatic heterocycles. The zero-order valence-corrected chi connectivity index (χ0v) is 12.5. The first kappa shape index (κ1) is 14.1. The van der Waals surface area contributed by atoms with Gasteiger partial charge in [0.25, 0.3) is 0 Å².